The van der Waals surface area contributed by atoms with Crippen LogP contribution in [0.3, 0.4) is 0 Å². The predicted molar refractivity (Wildman–Crippen MR) is 99.1 cm³/mol. The monoisotopic (exact) mass is 354 g/mol. The molecule has 4 nitrogen and oxygen atoms in total. The topological polar surface area (TPSA) is 41.9 Å². The minimum atomic E-state index is -0.303. The molecule has 2 aromatic carbocycles. The third-order valence-electron chi connectivity index (χ3n) is 4.39. The van der Waals surface area contributed by atoms with Gasteiger partial charge in [-0.2, -0.15) is 0 Å². The van der Waals surface area contributed by atoms with Crippen LogP contribution in [0.5, 0.6) is 0 Å². The van der Waals surface area contributed by atoms with Gasteiger partial charge in [-0.25, -0.2) is 4.39 Å². The minimum Gasteiger partial charge on any atom is -0.390 e. The highest BCUT2D eigenvalue weighted by molar-refractivity contribution is 6.01. The summed E-state index contributed by atoms with van der Waals surface area (Å²) < 4.78 is 14.0. The van der Waals surface area contributed by atoms with Crippen molar-refractivity contribution in [3.63, 3.8) is 0 Å². The van der Waals surface area contributed by atoms with Crippen molar-refractivity contribution in [1.82, 2.24) is 4.90 Å². The molecule has 1 heterocycles. The molecule has 1 amide bonds. The summed E-state index contributed by atoms with van der Waals surface area (Å²) >= 11 is 0. The van der Waals surface area contributed by atoms with Crippen molar-refractivity contribution in [3.8, 4) is 0 Å². The van der Waals surface area contributed by atoms with Gasteiger partial charge in [0.05, 0.1) is 12.3 Å². The van der Waals surface area contributed by atoms with Crippen LogP contribution in [0.25, 0.3) is 0 Å². The molecule has 3 rings (SSSR count). The van der Waals surface area contributed by atoms with Gasteiger partial charge in [0, 0.05) is 24.4 Å². The predicted octanol–water partition coefficient (Wildman–Crippen LogP) is 4.00. The second-order valence-electron chi connectivity index (χ2n) is 6.80. The standard InChI is InChI=1S/C21H23FN2O2/c1-15(2)21(25)24(13-17-10-6-7-11-19(17)22)14-18-12-20(23-26-18)16-8-4-3-5-9-16/h3-11,15,18H,12-14H2,1-2H3/t18-/m1/s1. The first-order chi connectivity index (χ1) is 12.5. The van der Waals surface area contributed by atoms with Gasteiger partial charge in [-0.1, -0.05) is 67.5 Å². The number of amides is 1. The van der Waals surface area contributed by atoms with Gasteiger partial charge in [0.1, 0.15) is 5.82 Å². The molecular weight excluding hydrogens is 331 g/mol. The Morgan fingerprint density at radius 1 is 1.19 bits per heavy atom. The quantitative estimate of drug-likeness (QED) is 0.787. The maximum atomic E-state index is 14.0. The van der Waals surface area contributed by atoms with Crippen molar-refractivity contribution in [2.45, 2.75) is 32.9 Å². The number of carbonyl (C=O) groups is 1. The third kappa shape index (κ3) is 4.28. The molecule has 5 heteroatoms. The van der Waals surface area contributed by atoms with E-state index >= 15 is 0 Å². The van der Waals surface area contributed by atoms with Crippen LogP contribution in [0.1, 0.15) is 31.4 Å². The Morgan fingerprint density at radius 2 is 1.88 bits per heavy atom. The average Bonchev–Trinajstić information content (AvgIpc) is 3.11. The number of halogens is 1. The molecule has 1 aliphatic heterocycles. The lowest BCUT2D eigenvalue weighted by Gasteiger charge is -2.26. The Labute approximate surface area is 153 Å². The molecule has 0 bridgehead atoms. The van der Waals surface area contributed by atoms with Crippen molar-refractivity contribution >= 4 is 11.6 Å². The van der Waals surface area contributed by atoms with E-state index in [1.165, 1.54) is 6.07 Å². The zero-order valence-corrected chi connectivity index (χ0v) is 15.1. The molecule has 0 radical (unpaired) electrons. The fraction of sp³-hybridized carbons (Fsp3) is 0.333. The second kappa shape index (κ2) is 8.13. The fourth-order valence-electron chi connectivity index (χ4n) is 3.00. The van der Waals surface area contributed by atoms with Crippen LogP contribution in [0.15, 0.2) is 59.8 Å². The molecule has 1 atom stereocenters. The molecule has 0 spiro atoms. The van der Waals surface area contributed by atoms with Gasteiger partial charge in [-0.15, -0.1) is 0 Å². The summed E-state index contributed by atoms with van der Waals surface area (Å²) in [5.74, 6) is -0.495. The van der Waals surface area contributed by atoms with Crippen LogP contribution >= 0.6 is 0 Å². The summed E-state index contributed by atoms with van der Waals surface area (Å²) in [6.07, 6.45) is 0.406. The normalized spacial score (nSPS) is 16.3. The van der Waals surface area contributed by atoms with Crippen molar-refractivity contribution in [3.05, 3.63) is 71.5 Å². The second-order valence-corrected chi connectivity index (χ2v) is 6.80. The first-order valence-corrected chi connectivity index (χ1v) is 8.85. The Bertz CT molecular complexity index is 790. The minimum absolute atomic E-state index is 0.0231. The molecule has 26 heavy (non-hydrogen) atoms. The third-order valence-corrected chi connectivity index (χ3v) is 4.39. The fourth-order valence-corrected chi connectivity index (χ4v) is 3.00. The van der Waals surface area contributed by atoms with Gasteiger partial charge in [-0.05, 0) is 11.6 Å². The van der Waals surface area contributed by atoms with E-state index < -0.39 is 0 Å². The molecule has 0 saturated heterocycles. The highest BCUT2D eigenvalue weighted by Gasteiger charge is 2.28. The molecular formula is C21H23FN2O2. The number of carbonyl (C=O) groups excluding carboxylic acids is 1. The highest BCUT2D eigenvalue weighted by atomic mass is 19.1. The lowest BCUT2D eigenvalue weighted by atomic mass is 10.0. The van der Waals surface area contributed by atoms with Crippen LogP contribution in [-0.4, -0.2) is 29.2 Å². The van der Waals surface area contributed by atoms with Crippen molar-refractivity contribution in [1.29, 1.82) is 0 Å². The van der Waals surface area contributed by atoms with Gasteiger partial charge in [0.2, 0.25) is 5.91 Å². The van der Waals surface area contributed by atoms with Crippen LogP contribution < -0.4 is 0 Å². The Morgan fingerprint density at radius 3 is 2.58 bits per heavy atom. The van der Waals surface area contributed by atoms with Crippen molar-refractivity contribution < 1.29 is 14.0 Å². The Hall–Kier alpha value is -2.69. The van der Waals surface area contributed by atoms with Crippen LogP contribution in [0, 0.1) is 11.7 Å². The van der Waals surface area contributed by atoms with Gasteiger partial charge in [-0.3, -0.25) is 4.79 Å². The number of rotatable bonds is 6. The SMILES string of the molecule is CC(C)C(=O)N(Cc1ccccc1F)C[C@H]1CC(c2ccccc2)=NO1. The molecule has 0 saturated carbocycles. The number of benzene rings is 2. The van der Waals surface area contributed by atoms with Crippen LogP contribution in [0.2, 0.25) is 0 Å². The van der Waals surface area contributed by atoms with E-state index in [2.05, 4.69) is 5.16 Å². The molecule has 0 aromatic heterocycles. The van der Waals surface area contributed by atoms with E-state index in [1.54, 1.807) is 23.1 Å². The smallest absolute Gasteiger partial charge is 0.225 e. The van der Waals surface area contributed by atoms with E-state index in [9.17, 15) is 9.18 Å². The maximum absolute atomic E-state index is 14.0. The Balaban J connectivity index is 1.69. The average molecular weight is 354 g/mol. The zero-order valence-electron chi connectivity index (χ0n) is 15.1. The molecule has 0 unspecified atom stereocenters. The summed E-state index contributed by atoms with van der Waals surface area (Å²) in [7, 11) is 0. The number of hydrogen-bond acceptors (Lipinski definition) is 3. The first-order valence-electron chi connectivity index (χ1n) is 8.85. The molecule has 1 aliphatic rings. The van der Waals surface area contributed by atoms with Crippen LogP contribution in [0.4, 0.5) is 4.39 Å². The van der Waals surface area contributed by atoms with E-state index in [0.717, 1.165) is 11.3 Å². The summed E-state index contributed by atoms with van der Waals surface area (Å²) in [5, 5.41) is 4.17. The lowest BCUT2D eigenvalue weighted by molar-refractivity contribution is -0.137. The van der Waals surface area contributed by atoms with Gasteiger partial charge < -0.3 is 9.74 Å². The van der Waals surface area contributed by atoms with E-state index in [4.69, 9.17) is 4.84 Å². The Kier molecular flexibility index (Phi) is 5.66. The van der Waals surface area contributed by atoms with Crippen LogP contribution in [-0.2, 0) is 16.2 Å². The number of oxime groups is 1. The largest absolute Gasteiger partial charge is 0.390 e. The highest BCUT2D eigenvalue weighted by Crippen LogP contribution is 2.20. The van der Waals surface area contributed by atoms with E-state index in [1.807, 2.05) is 44.2 Å². The molecule has 136 valence electrons. The summed E-state index contributed by atoms with van der Waals surface area (Å²) in [4.78, 5) is 19.8. The van der Waals surface area contributed by atoms with Crippen molar-refractivity contribution in [2.75, 3.05) is 6.54 Å². The number of hydrogen-bond donors (Lipinski definition) is 0. The summed E-state index contributed by atoms with van der Waals surface area (Å²) in [6, 6.07) is 16.4. The summed E-state index contributed by atoms with van der Waals surface area (Å²) in [6.45, 7) is 4.30. The van der Waals surface area contributed by atoms with Crippen molar-refractivity contribution in [2.24, 2.45) is 11.1 Å². The van der Waals surface area contributed by atoms with E-state index in [0.29, 0.717) is 18.5 Å². The first kappa shape index (κ1) is 18.1. The number of nitrogens with zero attached hydrogens (tertiary/aromatic N) is 2. The molecule has 0 aliphatic carbocycles. The van der Waals surface area contributed by atoms with Gasteiger partial charge >= 0.3 is 0 Å². The lowest BCUT2D eigenvalue weighted by Crippen LogP contribution is -2.39. The zero-order chi connectivity index (χ0) is 18.5. The van der Waals surface area contributed by atoms with Gasteiger partial charge in [0.15, 0.2) is 6.10 Å². The van der Waals surface area contributed by atoms with E-state index in [-0.39, 0.29) is 30.3 Å². The summed E-state index contributed by atoms with van der Waals surface area (Å²) in [5.41, 5.74) is 2.40. The van der Waals surface area contributed by atoms with Gasteiger partial charge in [0.25, 0.3) is 0 Å². The molecule has 0 fully saturated rings. The molecule has 2 aromatic rings. The maximum Gasteiger partial charge on any atom is 0.225 e. The molecule has 0 N–H and O–H groups in total.